The highest BCUT2D eigenvalue weighted by atomic mass is 35.5. The van der Waals surface area contributed by atoms with Crippen molar-refractivity contribution in [3.8, 4) is 0 Å². The van der Waals surface area contributed by atoms with Gasteiger partial charge in [0.15, 0.2) is 0 Å². The number of nitrogens with one attached hydrogen (secondary N) is 1. The summed E-state index contributed by atoms with van der Waals surface area (Å²) < 4.78 is 0. The predicted octanol–water partition coefficient (Wildman–Crippen LogP) is 4.68. The minimum atomic E-state index is 0.0510. The second kappa shape index (κ2) is 6.48. The van der Waals surface area contributed by atoms with Gasteiger partial charge in [-0.1, -0.05) is 35.9 Å². The number of halogens is 1. The third kappa shape index (κ3) is 3.13. The number of carbonyl (C=O) groups is 1. The van der Waals surface area contributed by atoms with E-state index < -0.39 is 0 Å². The van der Waals surface area contributed by atoms with E-state index in [0.717, 1.165) is 41.5 Å². The monoisotopic (exact) mass is 340 g/mol. The van der Waals surface area contributed by atoms with Gasteiger partial charge in [0.2, 0.25) is 5.91 Å². The van der Waals surface area contributed by atoms with Crippen LogP contribution in [0.1, 0.15) is 30.7 Å². The molecule has 2 aromatic rings. The first-order valence-electron chi connectivity index (χ1n) is 8.63. The molecule has 3 nitrogen and oxygen atoms in total. The third-order valence-corrected chi connectivity index (χ3v) is 5.25. The van der Waals surface area contributed by atoms with Crippen LogP contribution in [0.25, 0.3) is 0 Å². The molecule has 1 aliphatic carbocycles. The average molecular weight is 341 g/mol. The second-order valence-corrected chi connectivity index (χ2v) is 7.14. The van der Waals surface area contributed by atoms with Crippen LogP contribution in [0.2, 0.25) is 5.02 Å². The van der Waals surface area contributed by atoms with Crippen LogP contribution in [0.4, 0.5) is 11.4 Å². The maximum absolute atomic E-state index is 12.6. The van der Waals surface area contributed by atoms with Gasteiger partial charge in [0, 0.05) is 24.0 Å². The van der Waals surface area contributed by atoms with Crippen LogP contribution in [0.3, 0.4) is 0 Å². The summed E-state index contributed by atoms with van der Waals surface area (Å²) in [6, 6.07) is 16.0. The Labute approximate surface area is 147 Å². The number of anilines is 2. The molecule has 1 amide bonds. The van der Waals surface area contributed by atoms with Crippen molar-refractivity contribution in [2.75, 3.05) is 23.3 Å². The Kier molecular flexibility index (Phi) is 4.19. The van der Waals surface area contributed by atoms with Crippen LogP contribution in [0.5, 0.6) is 0 Å². The maximum Gasteiger partial charge on any atom is 0.228 e. The lowest BCUT2D eigenvalue weighted by Gasteiger charge is -2.21. The molecule has 1 N–H and O–H groups in total. The molecule has 2 aliphatic rings. The normalized spacial score (nSPS) is 22.5. The van der Waals surface area contributed by atoms with Crippen molar-refractivity contribution in [2.24, 2.45) is 5.92 Å². The molecule has 4 heteroatoms. The summed E-state index contributed by atoms with van der Waals surface area (Å²) in [6.07, 6.45) is 3.35. The number of hydrogen-bond acceptors (Lipinski definition) is 2. The van der Waals surface area contributed by atoms with E-state index in [0.29, 0.717) is 5.92 Å². The molecule has 4 rings (SSSR count). The Morgan fingerprint density at radius 3 is 2.67 bits per heavy atom. The number of para-hydroxylation sites is 2. The zero-order chi connectivity index (χ0) is 16.5. The summed E-state index contributed by atoms with van der Waals surface area (Å²) in [5.74, 6) is 0.462. The Balaban J connectivity index is 1.46. The van der Waals surface area contributed by atoms with Gasteiger partial charge in [-0.15, -0.1) is 0 Å². The molecule has 0 radical (unpaired) electrons. The van der Waals surface area contributed by atoms with Crippen LogP contribution >= 0.6 is 11.6 Å². The standard InChI is InChI=1S/C20H21ClN2O/c21-15-7-5-6-14(12-15)16-13-17(16)20(24)22-18-8-1-2-9-19(18)23-10-3-4-11-23/h1-2,5-9,12,16-17H,3-4,10-11,13H2,(H,22,24)/t16-,17+/m1/s1. The van der Waals surface area contributed by atoms with E-state index in [1.807, 2.05) is 36.4 Å². The number of rotatable bonds is 4. The van der Waals surface area contributed by atoms with E-state index in [1.54, 1.807) is 0 Å². The van der Waals surface area contributed by atoms with Crippen molar-refractivity contribution in [2.45, 2.75) is 25.2 Å². The van der Waals surface area contributed by atoms with Gasteiger partial charge in [0.05, 0.1) is 11.4 Å². The maximum atomic E-state index is 12.6. The highest BCUT2D eigenvalue weighted by Crippen LogP contribution is 2.48. The van der Waals surface area contributed by atoms with Crippen molar-refractivity contribution < 1.29 is 4.79 Å². The highest BCUT2D eigenvalue weighted by Gasteiger charge is 2.44. The number of carbonyl (C=O) groups excluding carboxylic acids is 1. The van der Waals surface area contributed by atoms with Gasteiger partial charge in [-0.3, -0.25) is 4.79 Å². The zero-order valence-corrected chi connectivity index (χ0v) is 14.3. The Morgan fingerprint density at radius 2 is 1.88 bits per heavy atom. The summed E-state index contributed by atoms with van der Waals surface area (Å²) in [7, 11) is 0. The molecule has 1 heterocycles. The summed E-state index contributed by atoms with van der Waals surface area (Å²) in [6.45, 7) is 2.14. The van der Waals surface area contributed by atoms with E-state index in [4.69, 9.17) is 11.6 Å². The lowest BCUT2D eigenvalue weighted by molar-refractivity contribution is -0.117. The Morgan fingerprint density at radius 1 is 1.08 bits per heavy atom. The highest BCUT2D eigenvalue weighted by molar-refractivity contribution is 6.30. The van der Waals surface area contributed by atoms with Crippen LogP contribution in [0.15, 0.2) is 48.5 Å². The molecule has 0 bridgehead atoms. The summed E-state index contributed by atoms with van der Waals surface area (Å²) in [4.78, 5) is 15.0. The molecule has 1 saturated heterocycles. The first kappa shape index (κ1) is 15.5. The molecule has 2 fully saturated rings. The minimum Gasteiger partial charge on any atom is -0.370 e. The van der Waals surface area contributed by atoms with Crippen LogP contribution < -0.4 is 10.2 Å². The van der Waals surface area contributed by atoms with Gasteiger partial charge >= 0.3 is 0 Å². The SMILES string of the molecule is O=C(Nc1ccccc1N1CCCC1)[C@H]1C[C@@H]1c1cccc(Cl)c1. The molecule has 1 aliphatic heterocycles. The summed E-state index contributed by atoms with van der Waals surface area (Å²) in [5.41, 5.74) is 3.24. The molecular formula is C20H21ClN2O. The van der Waals surface area contributed by atoms with Crippen molar-refractivity contribution >= 4 is 28.9 Å². The number of nitrogens with zero attached hydrogens (tertiary/aromatic N) is 1. The second-order valence-electron chi connectivity index (χ2n) is 6.70. The van der Waals surface area contributed by atoms with Gasteiger partial charge in [-0.2, -0.15) is 0 Å². The quantitative estimate of drug-likeness (QED) is 0.876. The molecule has 0 spiro atoms. The largest absolute Gasteiger partial charge is 0.370 e. The van der Waals surface area contributed by atoms with Gasteiger partial charge in [0.1, 0.15) is 0 Å². The molecular weight excluding hydrogens is 320 g/mol. The first-order valence-corrected chi connectivity index (χ1v) is 9.00. The van der Waals surface area contributed by atoms with Gasteiger partial charge in [0.25, 0.3) is 0 Å². The fraction of sp³-hybridized carbons (Fsp3) is 0.350. The van der Waals surface area contributed by atoms with Crippen LogP contribution in [0, 0.1) is 5.92 Å². The molecule has 0 aromatic heterocycles. The summed E-state index contributed by atoms with van der Waals surface area (Å²) in [5, 5.41) is 3.88. The van der Waals surface area contributed by atoms with Crippen molar-refractivity contribution in [3.63, 3.8) is 0 Å². The van der Waals surface area contributed by atoms with Gasteiger partial charge < -0.3 is 10.2 Å². The lowest BCUT2D eigenvalue weighted by Crippen LogP contribution is -2.21. The van der Waals surface area contributed by atoms with Crippen molar-refractivity contribution in [1.29, 1.82) is 0 Å². The first-order chi connectivity index (χ1) is 11.7. The summed E-state index contributed by atoms with van der Waals surface area (Å²) >= 11 is 6.06. The van der Waals surface area contributed by atoms with E-state index in [1.165, 1.54) is 12.8 Å². The van der Waals surface area contributed by atoms with Gasteiger partial charge in [-0.05, 0) is 55.0 Å². The Bertz CT molecular complexity index is 755. The number of amides is 1. The molecule has 2 atom stereocenters. The van der Waals surface area contributed by atoms with Crippen molar-refractivity contribution in [3.05, 3.63) is 59.1 Å². The predicted molar refractivity (Wildman–Crippen MR) is 98.8 cm³/mol. The molecule has 1 saturated carbocycles. The van der Waals surface area contributed by atoms with E-state index in [9.17, 15) is 4.79 Å². The van der Waals surface area contributed by atoms with E-state index in [2.05, 4.69) is 22.3 Å². The molecule has 124 valence electrons. The van der Waals surface area contributed by atoms with E-state index >= 15 is 0 Å². The smallest absolute Gasteiger partial charge is 0.228 e. The molecule has 24 heavy (non-hydrogen) atoms. The molecule has 2 aromatic carbocycles. The topological polar surface area (TPSA) is 32.3 Å². The number of hydrogen-bond donors (Lipinski definition) is 1. The third-order valence-electron chi connectivity index (χ3n) is 5.01. The molecule has 0 unspecified atom stereocenters. The van der Waals surface area contributed by atoms with Crippen LogP contribution in [-0.4, -0.2) is 19.0 Å². The van der Waals surface area contributed by atoms with E-state index in [-0.39, 0.29) is 11.8 Å². The Hall–Kier alpha value is -2.00. The zero-order valence-electron chi connectivity index (χ0n) is 13.5. The van der Waals surface area contributed by atoms with Crippen LogP contribution in [-0.2, 0) is 4.79 Å². The number of benzene rings is 2. The fourth-order valence-corrected chi connectivity index (χ4v) is 3.83. The average Bonchev–Trinajstić information content (AvgIpc) is 3.22. The fourth-order valence-electron chi connectivity index (χ4n) is 3.63. The van der Waals surface area contributed by atoms with Gasteiger partial charge in [-0.25, -0.2) is 0 Å². The minimum absolute atomic E-state index is 0.0510. The van der Waals surface area contributed by atoms with Crippen molar-refractivity contribution in [1.82, 2.24) is 0 Å². The lowest BCUT2D eigenvalue weighted by atomic mass is 10.1.